The van der Waals surface area contributed by atoms with Crippen LogP contribution in [0.1, 0.15) is 5.69 Å². The number of ether oxygens (including phenoxy) is 1. The van der Waals surface area contributed by atoms with Gasteiger partial charge in [0, 0.05) is 22.5 Å². The highest BCUT2D eigenvalue weighted by Crippen LogP contribution is 2.18. The molecule has 0 aliphatic rings. The number of benzene rings is 1. The Kier molecular flexibility index (Phi) is 4.87. The number of nitrogen functional groups attached to an aromatic ring is 1. The summed E-state index contributed by atoms with van der Waals surface area (Å²) in [5, 5.41) is 1.38. The van der Waals surface area contributed by atoms with Crippen LogP contribution >= 0.6 is 23.4 Å². The lowest BCUT2D eigenvalue weighted by atomic mass is 10.3. The van der Waals surface area contributed by atoms with Gasteiger partial charge in [-0.1, -0.05) is 23.4 Å². The van der Waals surface area contributed by atoms with E-state index in [0.717, 1.165) is 17.2 Å². The molecule has 0 amide bonds. The summed E-state index contributed by atoms with van der Waals surface area (Å²) in [5.74, 6) is 2.05. The maximum Gasteiger partial charge on any atom is 0.189 e. The van der Waals surface area contributed by atoms with Crippen molar-refractivity contribution in [1.82, 2.24) is 9.97 Å². The predicted molar refractivity (Wildman–Crippen MR) is 78.9 cm³/mol. The van der Waals surface area contributed by atoms with Gasteiger partial charge in [-0.05, 0) is 31.2 Å². The van der Waals surface area contributed by atoms with Crippen molar-refractivity contribution in [3.05, 3.63) is 41.0 Å². The number of thioether (sulfide) groups is 1. The fraction of sp³-hybridized carbons (Fsp3) is 0.231. The van der Waals surface area contributed by atoms with Crippen LogP contribution in [0.3, 0.4) is 0 Å². The van der Waals surface area contributed by atoms with Gasteiger partial charge in [-0.2, -0.15) is 0 Å². The normalized spacial score (nSPS) is 10.4. The van der Waals surface area contributed by atoms with Crippen molar-refractivity contribution in [3.63, 3.8) is 0 Å². The number of nitrogens with two attached hydrogens (primary N) is 1. The summed E-state index contributed by atoms with van der Waals surface area (Å²) in [5.41, 5.74) is 6.53. The lowest BCUT2D eigenvalue weighted by molar-refractivity contribution is 0.344. The molecule has 0 saturated carbocycles. The Bertz CT molecular complexity index is 528. The molecule has 19 heavy (non-hydrogen) atoms. The second-order valence-corrected chi connectivity index (χ2v) is 5.37. The number of hydrogen-bond donors (Lipinski definition) is 1. The third kappa shape index (κ3) is 4.61. The molecule has 6 heteroatoms. The molecule has 2 N–H and O–H groups in total. The van der Waals surface area contributed by atoms with E-state index in [9.17, 15) is 0 Å². The summed E-state index contributed by atoms with van der Waals surface area (Å²) >= 11 is 7.31. The second-order valence-electron chi connectivity index (χ2n) is 3.87. The lowest BCUT2D eigenvalue weighted by Crippen LogP contribution is -2.02. The quantitative estimate of drug-likeness (QED) is 0.521. The monoisotopic (exact) mass is 295 g/mol. The van der Waals surface area contributed by atoms with Gasteiger partial charge in [-0.15, -0.1) is 0 Å². The summed E-state index contributed by atoms with van der Waals surface area (Å²) < 4.78 is 5.58. The Labute approximate surface area is 121 Å². The van der Waals surface area contributed by atoms with Crippen LogP contribution in [0.25, 0.3) is 0 Å². The van der Waals surface area contributed by atoms with Crippen molar-refractivity contribution in [2.75, 3.05) is 18.1 Å². The van der Waals surface area contributed by atoms with Crippen LogP contribution in [0.15, 0.2) is 35.5 Å². The summed E-state index contributed by atoms with van der Waals surface area (Å²) in [6.45, 7) is 2.47. The van der Waals surface area contributed by atoms with Crippen molar-refractivity contribution < 1.29 is 4.74 Å². The maximum atomic E-state index is 5.79. The number of halogens is 1. The molecule has 0 aliphatic heterocycles. The van der Waals surface area contributed by atoms with Gasteiger partial charge in [0.25, 0.3) is 0 Å². The highest BCUT2D eigenvalue weighted by atomic mass is 35.5. The summed E-state index contributed by atoms with van der Waals surface area (Å²) in [6.07, 6.45) is 0. The molecule has 100 valence electrons. The van der Waals surface area contributed by atoms with Gasteiger partial charge < -0.3 is 10.5 Å². The van der Waals surface area contributed by atoms with Crippen LogP contribution in [0.5, 0.6) is 5.75 Å². The van der Waals surface area contributed by atoms with Gasteiger partial charge in [-0.25, -0.2) is 9.97 Å². The molecule has 1 aromatic heterocycles. The van der Waals surface area contributed by atoms with E-state index in [0.29, 0.717) is 22.6 Å². The molecule has 2 rings (SSSR count). The molecule has 0 bridgehead atoms. The third-order valence-electron chi connectivity index (χ3n) is 2.25. The van der Waals surface area contributed by atoms with Crippen LogP contribution in [-0.2, 0) is 0 Å². The first kappa shape index (κ1) is 14.0. The Balaban J connectivity index is 1.79. The van der Waals surface area contributed by atoms with Gasteiger partial charge in [0.05, 0.1) is 6.61 Å². The van der Waals surface area contributed by atoms with Crippen molar-refractivity contribution in [1.29, 1.82) is 0 Å². The highest BCUT2D eigenvalue weighted by Gasteiger charge is 2.01. The molecule has 1 heterocycles. The fourth-order valence-electron chi connectivity index (χ4n) is 1.45. The Morgan fingerprint density at radius 2 is 2.00 bits per heavy atom. The van der Waals surface area contributed by atoms with Crippen molar-refractivity contribution in [2.45, 2.75) is 12.1 Å². The van der Waals surface area contributed by atoms with E-state index in [4.69, 9.17) is 22.1 Å². The number of hydrogen-bond acceptors (Lipinski definition) is 5. The molecule has 0 fully saturated rings. The zero-order valence-corrected chi connectivity index (χ0v) is 12.0. The average Bonchev–Trinajstić information content (AvgIpc) is 2.36. The van der Waals surface area contributed by atoms with Gasteiger partial charge in [0.15, 0.2) is 5.16 Å². The number of nitrogens with zero attached hydrogens (tertiary/aromatic N) is 2. The first-order valence-corrected chi connectivity index (χ1v) is 7.12. The SMILES string of the molecule is Cc1cc(N)nc(SCCOc2ccc(Cl)cc2)n1. The molecular weight excluding hydrogens is 282 g/mol. The number of rotatable bonds is 5. The standard InChI is InChI=1S/C13H14ClN3OS/c1-9-8-12(15)17-13(16-9)19-7-6-18-11-4-2-10(14)3-5-11/h2-5,8H,6-7H2,1H3,(H2,15,16,17). The summed E-state index contributed by atoms with van der Waals surface area (Å²) in [7, 11) is 0. The molecule has 0 spiro atoms. The Morgan fingerprint density at radius 3 is 2.68 bits per heavy atom. The van der Waals surface area contributed by atoms with Gasteiger partial charge in [-0.3, -0.25) is 0 Å². The molecule has 0 radical (unpaired) electrons. The zero-order valence-electron chi connectivity index (χ0n) is 10.5. The van der Waals surface area contributed by atoms with Crippen LogP contribution in [0.2, 0.25) is 5.02 Å². The average molecular weight is 296 g/mol. The van der Waals surface area contributed by atoms with E-state index >= 15 is 0 Å². The van der Waals surface area contributed by atoms with Crippen LogP contribution in [0.4, 0.5) is 5.82 Å². The molecule has 2 aromatic rings. The van der Waals surface area contributed by atoms with Crippen LogP contribution < -0.4 is 10.5 Å². The summed E-state index contributed by atoms with van der Waals surface area (Å²) in [4.78, 5) is 8.44. The first-order valence-electron chi connectivity index (χ1n) is 5.76. The van der Waals surface area contributed by atoms with Gasteiger partial charge in [0.2, 0.25) is 0 Å². The Morgan fingerprint density at radius 1 is 1.26 bits per heavy atom. The third-order valence-corrected chi connectivity index (χ3v) is 3.31. The van der Waals surface area contributed by atoms with E-state index in [1.165, 1.54) is 11.8 Å². The van der Waals surface area contributed by atoms with Gasteiger partial charge in [0.1, 0.15) is 11.6 Å². The molecular formula is C13H14ClN3OS. The minimum atomic E-state index is 0.494. The maximum absolute atomic E-state index is 5.79. The van der Waals surface area contributed by atoms with E-state index in [-0.39, 0.29) is 0 Å². The largest absolute Gasteiger partial charge is 0.493 e. The molecule has 4 nitrogen and oxygen atoms in total. The molecule has 1 aromatic carbocycles. The van der Waals surface area contributed by atoms with Crippen LogP contribution in [-0.4, -0.2) is 22.3 Å². The topological polar surface area (TPSA) is 61.0 Å². The first-order chi connectivity index (χ1) is 9.13. The van der Waals surface area contributed by atoms with Crippen molar-refractivity contribution in [2.24, 2.45) is 0 Å². The van der Waals surface area contributed by atoms with Gasteiger partial charge >= 0.3 is 0 Å². The zero-order chi connectivity index (χ0) is 13.7. The highest BCUT2D eigenvalue weighted by molar-refractivity contribution is 7.99. The smallest absolute Gasteiger partial charge is 0.189 e. The van der Waals surface area contributed by atoms with E-state index in [1.807, 2.05) is 19.1 Å². The molecule has 0 aliphatic carbocycles. The lowest BCUT2D eigenvalue weighted by Gasteiger charge is -2.06. The number of aryl methyl sites for hydroxylation is 1. The van der Waals surface area contributed by atoms with E-state index in [1.54, 1.807) is 18.2 Å². The van der Waals surface area contributed by atoms with Crippen molar-refractivity contribution >= 4 is 29.2 Å². The van der Waals surface area contributed by atoms with E-state index < -0.39 is 0 Å². The number of anilines is 1. The van der Waals surface area contributed by atoms with Crippen molar-refractivity contribution in [3.8, 4) is 5.75 Å². The van der Waals surface area contributed by atoms with Crippen LogP contribution in [0, 0.1) is 6.92 Å². The molecule has 0 atom stereocenters. The summed E-state index contributed by atoms with van der Waals surface area (Å²) in [6, 6.07) is 9.03. The molecule has 0 unspecified atom stereocenters. The minimum Gasteiger partial charge on any atom is -0.493 e. The predicted octanol–water partition coefficient (Wildman–Crippen LogP) is 3.19. The van der Waals surface area contributed by atoms with E-state index in [2.05, 4.69) is 9.97 Å². The second kappa shape index (κ2) is 6.63. The minimum absolute atomic E-state index is 0.494. The number of aromatic nitrogens is 2. The molecule has 0 saturated heterocycles. The Hall–Kier alpha value is -1.46. The fourth-order valence-corrected chi connectivity index (χ4v) is 2.31.